The van der Waals surface area contributed by atoms with Crippen molar-refractivity contribution in [2.45, 2.75) is 38.8 Å². The number of carbonyl (C=O) groups is 1. The second-order valence-corrected chi connectivity index (χ2v) is 9.89. The van der Waals surface area contributed by atoms with Crippen molar-refractivity contribution in [3.8, 4) is 0 Å². The zero-order chi connectivity index (χ0) is 23.9. The average molecular weight is 486 g/mol. The van der Waals surface area contributed by atoms with Crippen LogP contribution in [0.5, 0.6) is 0 Å². The third-order valence-electron chi connectivity index (χ3n) is 6.58. The lowest BCUT2D eigenvalue weighted by atomic mass is 9.97. The molecule has 1 amide bonds. The van der Waals surface area contributed by atoms with E-state index >= 15 is 0 Å². The summed E-state index contributed by atoms with van der Waals surface area (Å²) in [5.41, 5.74) is 0.890. The molecule has 8 heteroatoms. The second-order valence-electron chi connectivity index (χ2n) is 8.81. The molecule has 1 N–H and O–H groups in total. The summed E-state index contributed by atoms with van der Waals surface area (Å²) in [5.74, 6) is 0.193. The van der Waals surface area contributed by atoms with Crippen LogP contribution in [-0.4, -0.2) is 15.0 Å². The van der Waals surface area contributed by atoms with Crippen molar-refractivity contribution in [1.29, 1.82) is 0 Å². The molecule has 0 aliphatic heterocycles. The molecule has 0 bridgehead atoms. The number of thiophene rings is 1. The van der Waals surface area contributed by atoms with Gasteiger partial charge in [-0.15, -0.1) is 11.3 Å². The molecule has 2 aromatic carbocycles. The van der Waals surface area contributed by atoms with Gasteiger partial charge in [-0.25, -0.2) is 4.79 Å². The van der Waals surface area contributed by atoms with Crippen molar-refractivity contribution in [3.63, 3.8) is 0 Å². The highest BCUT2D eigenvalue weighted by molar-refractivity contribution is 7.18. The van der Waals surface area contributed by atoms with Gasteiger partial charge in [-0.1, -0.05) is 36.4 Å². The molecule has 176 valence electrons. The number of furan rings is 1. The van der Waals surface area contributed by atoms with E-state index in [0.29, 0.717) is 21.7 Å². The summed E-state index contributed by atoms with van der Waals surface area (Å²) < 4.78 is 8.05. The minimum Gasteiger partial charge on any atom is -0.467 e. The van der Waals surface area contributed by atoms with Gasteiger partial charge in [0.1, 0.15) is 17.1 Å². The van der Waals surface area contributed by atoms with Crippen LogP contribution in [0.3, 0.4) is 0 Å². The molecule has 35 heavy (non-hydrogen) atoms. The van der Waals surface area contributed by atoms with Crippen LogP contribution >= 0.6 is 11.3 Å². The SMILES string of the molecule is O=C(Cn1c(=O)n(Cc2ccco2)c(=O)c2c3c(sc21)CCCC3)Nc1cccc2ccccc12. The van der Waals surface area contributed by atoms with E-state index in [0.717, 1.165) is 46.9 Å². The first kappa shape index (κ1) is 21.6. The van der Waals surface area contributed by atoms with Crippen LogP contribution in [0.25, 0.3) is 21.0 Å². The van der Waals surface area contributed by atoms with Gasteiger partial charge in [0.15, 0.2) is 0 Å². The van der Waals surface area contributed by atoms with Gasteiger partial charge in [0.2, 0.25) is 5.91 Å². The van der Waals surface area contributed by atoms with Crippen LogP contribution in [0.15, 0.2) is 74.9 Å². The van der Waals surface area contributed by atoms with Crippen LogP contribution < -0.4 is 16.6 Å². The number of fused-ring (bicyclic) bond motifs is 4. The quantitative estimate of drug-likeness (QED) is 0.396. The Kier molecular flexibility index (Phi) is 5.37. The molecule has 0 radical (unpaired) electrons. The maximum Gasteiger partial charge on any atom is 0.333 e. The molecule has 0 unspecified atom stereocenters. The lowest BCUT2D eigenvalue weighted by Gasteiger charge is -2.13. The zero-order valence-corrected chi connectivity index (χ0v) is 19.8. The van der Waals surface area contributed by atoms with E-state index in [9.17, 15) is 14.4 Å². The summed E-state index contributed by atoms with van der Waals surface area (Å²) in [7, 11) is 0. The number of amides is 1. The predicted octanol–water partition coefficient (Wildman–Crippen LogP) is 4.54. The third kappa shape index (κ3) is 3.80. The van der Waals surface area contributed by atoms with Crippen molar-refractivity contribution < 1.29 is 9.21 Å². The fourth-order valence-corrected chi connectivity index (χ4v) is 6.29. The number of nitrogens with one attached hydrogen (secondary N) is 1. The lowest BCUT2D eigenvalue weighted by Crippen LogP contribution is -2.41. The minimum atomic E-state index is -0.509. The lowest BCUT2D eigenvalue weighted by molar-refractivity contribution is -0.116. The van der Waals surface area contributed by atoms with E-state index in [4.69, 9.17) is 4.42 Å². The highest BCUT2D eigenvalue weighted by atomic mass is 32.1. The first-order valence-electron chi connectivity index (χ1n) is 11.7. The number of aromatic nitrogens is 2. The van der Waals surface area contributed by atoms with Crippen molar-refractivity contribution in [3.05, 3.63) is 97.9 Å². The predicted molar refractivity (Wildman–Crippen MR) is 137 cm³/mol. The van der Waals surface area contributed by atoms with Gasteiger partial charge in [0.25, 0.3) is 5.56 Å². The van der Waals surface area contributed by atoms with E-state index in [2.05, 4.69) is 5.32 Å². The highest BCUT2D eigenvalue weighted by Crippen LogP contribution is 2.34. The van der Waals surface area contributed by atoms with Crippen LogP contribution in [0, 0.1) is 0 Å². The molecule has 5 aromatic rings. The van der Waals surface area contributed by atoms with Crippen LogP contribution in [-0.2, 0) is 30.7 Å². The summed E-state index contributed by atoms with van der Waals surface area (Å²) >= 11 is 1.47. The number of hydrogen-bond acceptors (Lipinski definition) is 5. The molecule has 3 heterocycles. The van der Waals surface area contributed by atoms with Gasteiger partial charge in [-0.3, -0.25) is 18.7 Å². The van der Waals surface area contributed by atoms with Crippen molar-refractivity contribution in [2.75, 3.05) is 5.32 Å². The Labute approximate surface area is 204 Å². The molecule has 0 spiro atoms. The van der Waals surface area contributed by atoms with E-state index in [1.807, 2.05) is 42.5 Å². The molecule has 0 saturated carbocycles. The van der Waals surface area contributed by atoms with Crippen LogP contribution in [0.4, 0.5) is 5.69 Å². The first-order chi connectivity index (χ1) is 17.1. The largest absolute Gasteiger partial charge is 0.467 e. The third-order valence-corrected chi connectivity index (χ3v) is 7.89. The standard InChI is InChI=1S/C27H23N3O4S/c31-23(28-21-12-5-8-17-7-1-2-10-19(17)21)16-30-26-24(20-11-3-4-13-22(20)35-26)25(32)29(27(30)33)15-18-9-6-14-34-18/h1-2,5-10,12,14H,3-4,11,13,15-16H2,(H,28,31). The van der Waals surface area contributed by atoms with Gasteiger partial charge in [0.05, 0.1) is 18.2 Å². The van der Waals surface area contributed by atoms with E-state index < -0.39 is 5.69 Å². The monoisotopic (exact) mass is 485 g/mol. The van der Waals surface area contributed by atoms with Gasteiger partial charge in [0, 0.05) is 16.0 Å². The smallest absolute Gasteiger partial charge is 0.333 e. The van der Waals surface area contributed by atoms with E-state index in [1.54, 1.807) is 12.1 Å². The Bertz CT molecular complexity index is 1690. The average Bonchev–Trinajstić information content (AvgIpc) is 3.52. The molecule has 1 aliphatic carbocycles. The molecule has 1 aliphatic rings. The summed E-state index contributed by atoms with van der Waals surface area (Å²) in [6, 6.07) is 17.0. The minimum absolute atomic E-state index is 0.0240. The number of carbonyl (C=O) groups excluding carboxylic acids is 1. The number of hydrogen-bond donors (Lipinski definition) is 1. The molecule has 0 atom stereocenters. The topological polar surface area (TPSA) is 86.2 Å². The molecule has 6 rings (SSSR count). The van der Waals surface area contributed by atoms with E-state index in [1.165, 1.54) is 26.7 Å². The molecular formula is C27H23N3O4S. The van der Waals surface area contributed by atoms with Crippen molar-refractivity contribution in [1.82, 2.24) is 9.13 Å². The van der Waals surface area contributed by atoms with Gasteiger partial charge in [-0.05, 0) is 54.8 Å². The van der Waals surface area contributed by atoms with E-state index in [-0.39, 0.29) is 24.6 Å². The Morgan fingerprint density at radius 2 is 1.80 bits per heavy atom. The fourth-order valence-electron chi connectivity index (χ4n) is 4.92. The van der Waals surface area contributed by atoms with Gasteiger partial charge >= 0.3 is 5.69 Å². The molecule has 0 saturated heterocycles. The molecule has 0 fully saturated rings. The summed E-state index contributed by atoms with van der Waals surface area (Å²) in [6.07, 6.45) is 5.29. The Hall–Kier alpha value is -3.91. The normalized spacial score (nSPS) is 13.3. The number of benzene rings is 2. The van der Waals surface area contributed by atoms with Gasteiger partial charge in [-0.2, -0.15) is 0 Å². The Morgan fingerprint density at radius 3 is 2.66 bits per heavy atom. The number of rotatable bonds is 5. The first-order valence-corrected chi connectivity index (χ1v) is 12.5. The number of anilines is 1. The highest BCUT2D eigenvalue weighted by Gasteiger charge is 2.25. The summed E-state index contributed by atoms with van der Waals surface area (Å²) in [4.78, 5) is 42.0. The number of aryl methyl sites for hydroxylation is 2. The Morgan fingerprint density at radius 1 is 0.971 bits per heavy atom. The summed E-state index contributed by atoms with van der Waals surface area (Å²) in [6.45, 7) is -0.160. The number of nitrogens with zero attached hydrogens (tertiary/aromatic N) is 2. The van der Waals surface area contributed by atoms with Crippen molar-refractivity contribution in [2.24, 2.45) is 0 Å². The van der Waals surface area contributed by atoms with Crippen LogP contribution in [0.2, 0.25) is 0 Å². The molecule has 7 nitrogen and oxygen atoms in total. The van der Waals surface area contributed by atoms with Crippen LogP contribution in [0.1, 0.15) is 29.0 Å². The fraction of sp³-hybridized carbons (Fsp3) is 0.222. The maximum atomic E-state index is 13.6. The zero-order valence-electron chi connectivity index (χ0n) is 19.0. The Balaban J connectivity index is 1.45. The molecule has 3 aromatic heterocycles. The molecular weight excluding hydrogens is 462 g/mol. The maximum absolute atomic E-state index is 13.6. The van der Waals surface area contributed by atoms with Crippen molar-refractivity contribution >= 4 is 43.9 Å². The second kappa shape index (κ2) is 8.70. The van der Waals surface area contributed by atoms with Gasteiger partial charge < -0.3 is 9.73 Å². The summed E-state index contributed by atoms with van der Waals surface area (Å²) in [5, 5.41) is 5.47.